The van der Waals surface area contributed by atoms with E-state index in [0.717, 1.165) is 0 Å². The lowest BCUT2D eigenvalue weighted by Crippen LogP contribution is -2.29. The highest BCUT2D eigenvalue weighted by Gasteiger charge is 1.99. The summed E-state index contributed by atoms with van der Waals surface area (Å²) in [5.41, 5.74) is 0. The Kier molecular flexibility index (Phi) is 14.6. The Bertz CT molecular complexity index is 139. The van der Waals surface area contributed by atoms with Gasteiger partial charge in [-0.1, -0.05) is 58.8 Å². The van der Waals surface area contributed by atoms with Gasteiger partial charge in [-0.3, -0.25) is 0 Å². The van der Waals surface area contributed by atoms with E-state index >= 15 is 0 Å². The Labute approximate surface area is 114 Å². The third-order valence-electron chi connectivity index (χ3n) is 3.10. The number of unbranched alkanes of at least 4 members (excludes halogenated alkanes) is 7. The van der Waals surface area contributed by atoms with Gasteiger partial charge in [0.15, 0.2) is 0 Å². The van der Waals surface area contributed by atoms with Crippen molar-refractivity contribution < 1.29 is 0 Å². The first-order valence-electron chi connectivity index (χ1n) is 7.62. The van der Waals surface area contributed by atoms with Crippen LogP contribution in [0.15, 0.2) is 0 Å². The van der Waals surface area contributed by atoms with Crippen molar-refractivity contribution in [3.8, 4) is 0 Å². The molecule has 0 rings (SSSR count). The highest BCUT2D eigenvalue weighted by atomic mass is 32.2. The standard InChI is InChI=1S/C15H33NS/c1-4-6-7-8-9-10-11-12-13-16-15(3)14-17-5-2/h15-16H,4-14H2,1-3H3. The number of hydrogen-bond donors (Lipinski definition) is 1. The molecule has 0 bridgehead atoms. The summed E-state index contributed by atoms with van der Waals surface area (Å²) in [7, 11) is 0. The van der Waals surface area contributed by atoms with Crippen molar-refractivity contribution in [2.75, 3.05) is 18.1 Å². The molecule has 104 valence electrons. The average Bonchev–Trinajstić information content (AvgIpc) is 2.34. The summed E-state index contributed by atoms with van der Waals surface area (Å²) >= 11 is 2.03. The Hall–Kier alpha value is 0.310. The summed E-state index contributed by atoms with van der Waals surface area (Å²) in [6.07, 6.45) is 11.3. The fourth-order valence-corrected chi connectivity index (χ4v) is 2.67. The first-order chi connectivity index (χ1) is 8.31. The predicted molar refractivity (Wildman–Crippen MR) is 83.1 cm³/mol. The van der Waals surface area contributed by atoms with E-state index in [9.17, 15) is 0 Å². The minimum absolute atomic E-state index is 0.685. The molecule has 1 nitrogen and oxygen atoms in total. The summed E-state index contributed by atoms with van der Waals surface area (Å²) < 4.78 is 0. The van der Waals surface area contributed by atoms with Crippen molar-refractivity contribution in [2.45, 2.75) is 78.2 Å². The van der Waals surface area contributed by atoms with Crippen LogP contribution in [0.4, 0.5) is 0 Å². The maximum Gasteiger partial charge on any atom is 0.0129 e. The molecular weight excluding hydrogens is 226 g/mol. The molecule has 1 atom stereocenters. The van der Waals surface area contributed by atoms with Crippen molar-refractivity contribution in [3.63, 3.8) is 0 Å². The van der Waals surface area contributed by atoms with Gasteiger partial charge in [-0.25, -0.2) is 0 Å². The zero-order valence-corrected chi connectivity index (χ0v) is 13.1. The molecule has 0 spiro atoms. The SMILES string of the molecule is CCCCCCCCCCNC(C)CSCC. The Morgan fingerprint density at radius 1 is 0.882 bits per heavy atom. The van der Waals surface area contributed by atoms with Gasteiger partial charge in [-0.15, -0.1) is 0 Å². The highest BCUT2D eigenvalue weighted by Crippen LogP contribution is 2.08. The lowest BCUT2D eigenvalue weighted by Gasteiger charge is -2.12. The number of nitrogens with one attached hydrogen (secondary N) is 1. The second-order valence-electron chi connectivity index (χ2n) is 4.99. The van der Waals surface area contributed by atoms with Crippen LogP contribution in [0.2, 0.25) is 0 Å². The molecule has 0 aromatic carbocycles. The van der Waals surface area contributed by atoms with Crippen LogP contribution in [0.5, 0.6) is 0 Å². The lowest BCUT2D eigenvalue weighted by atomic mass is 10.1. The zero-order valence-electron chi connectivity index (χ0n) is 12.3. The van der Waals surface area contributed by atoms with Crippen LogP contribution >= 0.6 is 11.8 Å². The molecule has 0 amide bonds. The monoisotopic (exact) mass is 259 g/mol. The van der Waals surface area contributed by atoms with Crippen LogP contribution in [0.25, 0.3) is 0 Å². The summed E-state index contributed by atoms with van der Waals surface area (Å²) in [6, 6.07) is 0.685. The maximum atomic E-state index is 3.61. The Morgan fingerprint density at radius 2 is 1.47 bits per heavy atom. The molecule has 0 heterocycles. The highest BCUT2D eigenvalue weighted by molar-refractivity contribution is 7.99. The minimum Gasteiger partial charge on any atom is -0.313 e. The van der Waals surface area contributed by atoms with Crippen LogP contribution in [0, 0.1) is 0 Å². The molecule has 1 unspecified atom stereocenters. The zero-order chi connectivity index (χ0) is 12.8. The second-order valence-corrected chi connectivity index (χ2v) is 6.31. The van der Waals surface area contributed by atoms with Gasteiger partial charge in [-0.2, -0.15) is 11.8 Å². The van der Waals surface area contributed by atoms with Gasteiger partial charge in [0.05, 0.1) is 0 Å². The number of thioether (sulfide) groups is 1. The molecule has 0 aromatic heterocycles. The summed E-state index contributed by atoms with van der Waals surface area (Å²) in [5, 5.41) is 3.61. The Morgan fingerprint density at radius 3 is 2.06 bits per heavy atom. The smallest absolute Gasteiger partial charge is 0.0129 e. The van der Waals surface area contributed by atoms with E-state index in [1.807, 2.05) is 11.8 Å². The van der Waals surface area contributed by atoms with E-state index in [0.29, 0.717) is 6.04 Å². The third kappa shape index (κ3) is 14.2. The van der Waals surface area contributed by atoms with Gasteiger partial charge in [0.2, 0.25) is 0 Å². The van der Waals surface area contributed by atoms with Crippen LogP contribution in [-0.4, -0.2) is 24.1 Å². The van der Waals surface area contributed by atoms with E-state index in [1.54, 1.807) is 0 Å². The molecule has 0 aromatic rings. The van der Waals surface area contributed by atoms with Gasteiger partial charge in [0.1, 0.15) is 0 Å². The molecule has 0 aliphatic heterocycles. The second kappa shape index (κ2) is 14.4. The molecule has 0 fully saturated rings. The van der Waals surface area contributed by atoms with Crippen LogP contribution in [0.3, 0.4) is 0 Å². The minimum atomic E-state index is 0.685. The quantitative estimate of drug-likeness (QED) is 0.474. The molecule has 0 saturated carbocycles. The molecule has 0 aliphatic carbocycles. The normalized spacial score (nSPS) is 12.9. The van der Waals surface area contributed by atoms with E-state index < -0.39 is 0 Å². The first-order valence-corrected chi connectivity index (χ1v) is 8.77. The van der Waals surface area contributed by atoms with Gasteiger partial charge >= 0.3 is 0 Å². The van der Waals surface area contributed by atoms with Crippen molar-refractivity contribution in [3.05, 3.63) is 0 Å². The molecule has 0 aliphatic rings. The molecule has 2 heteroatoms. The first kappa shape index (κ1) is 17.3. The van der Waals surface area contributed by atoms with E-state index in [4.69, 9.17) is 0 Å². The summed E-state index contributed by atoms with van der Waals surface area (Å²) in [5.74, 6) is 2.50. The molecule has 1 N–H and O–H groups in total. The topological polar surface area (TPSA) is 12.0 Å². The fourth-order valence-electron chi connectivity index (χ4n) is 1.96. The van der Waals surface area contributed by atoms with Gasteiger partial charge in [0.25, 0.3) is 0 Å². The van der Waals surface area contributed by atoms with Gasteiger partial charge in [0, 0.05) is 11.8 Å². The third-order valence-corrected chi connectivity index (χ3v) is 4.24. The van der Waals surface area contributed by atoms with Crippen molar-refractivity contribution in [1.29, 1.82) is 0 Å². The van der Waals surface area contributed by atoms with E-state index in [2.05, 4.69) is 26.1 Å². The average molecular weight is 260 g/mol. The maximum absolute atomic E-state index is 3.61. The Balaban J connectivity index is 3.02. The summed E-state index contributed by atoms with van der Waals surface area (Å²) in [4.78, 5) is 0. The molecule has 17 heavy (non-hydrogen) atoms. The van der Waals surface area contributed by atoms with Crippen LogP contribution < -0.4 is 5.32 Å². The van der Waals surface area contributed by atoms with Crippen LogP contribution in [-0.2, 0) is 0 Å². The molecular formula is C15H33NS. The van der Waals surface area contributed by atoms with Crippen molar-refractivity contribution in [1.82, 2.24) is 5.32 Å². The van der Waals surface area contributed by atoms with E-state index in [-0.39, 0.29) is 0 Å². The van der Waals surface area contributed by atoms with Gasteiger partial charge < -0.3 is 5.32 Å². The fraction of sp³-hybridized carbons (Fsp3) is 1.00. The van der Waals surface area contributed by atoms with Crippen molar-refractivity contribution in [2.24, 2.45) is 0 Å². The largest absolute Gasteiger partial charge is 0.313 e. The van der Waals surface area contributed by atoms with Crippen LogP contribution in [0.1, 0.15) is 72.1 Å². The van der Waals surface area contributed by atoms with E-state index in [1.165, 1.54) is 69.4 Å². The summed E-state index contributed by atoms with van der Waals surface area (Å²) in [6.45, 7) is 8.02. The molecule has 0 saturated heterocycles. The van der Waals surface area contributed by atoms with Crippen molar-refractivity contribution >= 4 is 11.8 Å². The molecule has 0 radical (unpaired) electrons. The van der Waals surface area contributed by atoms with Gasteiger partial charge in [-0.05, 0) is 25.6 Å². The number of hydrogen-bond acceptors (Lipinski definition) is 2. The predicted octanol–water partition coefficient (Wildman–Crippen LogP) is 4.86. The lowest BCUT2D eigenvalue weighted by molar-refractivity contribution is 0.531. The number of rotatable bonds is 13.